The molecule has 1 heterocycles. The monoisotopic (exact) mass is 191 g/mol. The van der Waals surface area contributed by atoms with Crippen LogP contribution in [0.25, 0.3) is 11.4 Å². The van der Waals surface area contributed by atoms with Crippen LogP contribution in [0.1, 0.15) is 5.56 Å². The number of hydrogen-bond acceptors (Lipinski definition) is 3. The third kappa shape index (κ3) is 1.76. The smallest absolute Gasteiger partial charge is 0.179 e. The van der Waals surface area contributed by atoms with Gasteiger partial charge in [-0.25, -0.2) is 5.10 Å². The number of nitrogens with one attached hydrogen (secondary N) is 1. The van der Waals surface area contributed by atoms with Crippen molar-refractivity contribution in [3.05, 3.63) is 29.8 Å². The van der Waals surface area contributed by atoms with Crippen LogP contribution >= 0.6 is 0 Å². The molecular formula is C9H8FN4. The van der Waals surface area contributed by atoms with Gasteiger partial charge in [0.25, 0.3) is 0 Å². The van der Waals surface area contributed by atoms with E-state index in [-0.39, 0.29) is 6.67 Å². The maximum Gasteiger partial charge on any atom is 0.179 e. The zero-order chi connectivity index (χ0) is 9.80. The van der Waals surface area contributed by atoms with Crippen LogP contribution < -0.4 is 0 Å². The van der Waals surface area contributed by atoms with E-state index in [0.717, 1.165) is 11.1 Å². The second-order valence-electron chi connectivity index (χ2n) is 2.79. The van der Waals surface area contributed by atoms with E-state index in [2.05, 4.69) is 26.7 Å². The Labute approximate surface area is 80.2 Å². The molecule has 0 bridgehead atoms. The second kappa shape index (κ2) is 3.95. The van der Waals surface area contributed by atoms with Gasteiger partial charge in [-0.15, -0.1) is 5.10 Å². The molecule has 1 radical (unpaired) electrons. The van der Waals surface area contributed by atoms with Gasteiger partial charge in [0.1, 0.15) is 0 Å². The van der Waals surface area contributed by atoms with Crippen molar-refractivity contribution in [3.63, 3.8) is 0 Å². The van der Waals surface area contributed by atoms with Gasteiger partial charge in [0, 0.05) is 12.0 Å². The van der Waals surface area contributed by atoms with Crippen LogP contribution in [-0.2, 0) is 6.42 Å². The molecule has 1 aromatic carbocycles. The lowest BCUT2D eigenvalue weighted by molar-refractivity contribution is 0.495. The zero-order valence-electron chi connectivity index (χ0n) is 7.37. The molecule has 0 aliphatic carbocycles. The molecule has 0 fully saturated rings. The summed E-state index contributed by atoms with van der Waals surface area (Å²) in [6, 6.07) is 8.33. The van der Waals surface area contributed by atoms with Crippen molar-refractivity contribution in [2.24, 2.45) is 0 Å². The number of hydrogen-bond donors (Lipinski definition) is 1. The van der Waals surface area contributed by atoms with E-state index in [4.69, 9.17) is 0 Å². The van der Waals surface area contributed by atoms with Gasteiger partial charge in [-0.1, -0.05) is 12.1 Å². The Balaban J connectivity index is 2.31. The number of benzene rings is 1. The van der Waals surface area contributed by atoms with Crippen molar-refractivity contribution < 1.29 is 4.39 Å². The SMILES string of the molecule is FCCc1[c]ccc(-c2nnn[nH]2)c1. The van der Waals surface area contributed by atoms with E-state index < -0.39 is 0 Å². The summed E-state index contributed by atoms with van der Waals surface area (Å²) in [5.41, 5.74) is 1.67. The molecule has 2 aromatic rings. The fourth-order valence-electron chi connectivity index (χ4n) is 1.19. The lowest BCUT2D eigenvalue weighted by atomic mass is 10.1. The topological polar surface area (TPSA) is 54.5 Å². The summed E-state index contributed by atoms with van der Waals surface area (Å²) in [4.78, 5) is 0. The maximum absolute atomic E-state index is 12.1. The molecular weight excluding hydrogens is 183 g/mol. The standard InChI is InChI=1S/C9H8FN4/c10-5-4-7-2-1-3-8(6-7)9-11-13-14-12-9/h1,3,6H,4-5H2,(H,11,12,13,14). The van der Waals surface area contributed by atoms with Gasteiger partial charge in [-0.2, -0.15) is 0 Å². The summed E-state index contributed by atoms with van der Waals surface area (Å²) in [6.45, 7) is -0.380. The number of rotatable bonds is 3. The van der Waals surface area contributed by atoms with Crippen LogP contribution in [0, 0.1) is 6.07 Å². The van der Waals surface area contributed by atoms with E-state index >= 15 is 0 Å². The molecule has 0 atom stereocenters. The predicted molar refractivity (Wildman–Crippen MR) is 48.1 cm³/mol. The Bertz CT molecular complexity index is 399. The first-order valence-corrected chi connectivity index (χ1v) is 4.21. The van der Waals surface area contributed by atoms with Gasteiger partial charge < -0.3 is 0 Å². The second-order valence-corrected chi connectivity index (χ2v) is 2.79. The van der Waals surface area contributed by atoms with Gasteiger partial charge in [0.15, 0.2) is 5.82 Å². The summed E-state index contributed by atoms with van der Waals surface area (Å²) in [5, 5.41) is 13.3. The van der Waals surface area contributed by atoms with Crippen LogP contribution in [0.4, 0.5) is 4.39 Å². The highest BCUT2D eigenvalue weighted by Gasteiger charge is 2.02. The molecule has 0 saturated carbocycles. The Morgan fingerprint density at radius 1 is 1.50 bits per heavy atom. The predicted octanol–water partition coefficient (Wildman–Crippen LogP) is 1.18. The number of aromatic amines is 1. The van der Waals surface area contributed by atoms with Gasteiger partial charge in [-0.3, -0.25) is 4.39 Å². The van der Waals surface area contributed by atoms with E-state index in [1.807, 2.05) is 12.1 Å². The minimum Gasteiger partial charge on any atom is -0.251 e. The fourth-order valence-corrected chi connectivity index (χ4v) is 1.19. The molecule has 0 aliphatic rings. The van der Waals surface area contributed by atoms with Gasteiger partial charge in [-0.05, 0) is 28.1 Å². The van der Waals surface area contributed by atoms with Gasteiger partial charge >= 0.3 is 0 Å². The number of tetrazole rings is 1. The number of H-pyrrole nitrogens is 1. The lowest BCUT2D eigenvalue weighted by Gasteiger charge is -1.98. The number of aryl methyl sites for hydroxylation is 1. The highest BCUT2D eigenvalue weighted by molar-refractivity contribution is 5.54. The van der Waals surface area contributed by atoms with Crippen molar-refractivity contribution in [3.8, 4) is 11.4 Å². The summed E-state index contributed by atoms with van der Waals surface area (Å²) in [5.74, 6) is 0.583. The van der Waals surface area contributed by atoms with E-state index in [9.17, 15) is 4.39 Å². The summed E-state index contributed by atoms with van der Waals surface area (Å²) in [6.07, 6.45) is 0.370. The quantitative estimate of drug-likeness (QED) is 0.792. The zero-order valence-corrected chi connectivity index (χ0v) is 7.37. The molecule has 2 rings (SSSR count). The van der Waals surface area contributed by atoms with Gasteiger partial charge in [0.05, 0.1) is 6.67 Å². The number of aromatic nitrogens is 4. The first-order chi connectivity index (χ1) is 6.90. The molecule has 4 nitrogen and oxygen atoms in total. The minimum atomic E-state index is -0.380. The highest BCUT2D eigenvalue weighted by atomic mass is 19.1. The molecule has 71 valence electrons. The fraction of sp³-hybridized carbons (Fsp3) is 0.222. The van der Waals surface area contributed by atoms with Crippen LogP contribution in [0.3, 0.4) is 0 Å². The molecule has 1 aromatic heterocycles. The van der Waals surface area contributed by atoms with Crippen LogP contribution in [0.2, 0.25) is 0 Å². The van der Waals surface area contributed by atoms with Crippen LogP contribution in [0.5, 0.6) is 0 Å². The summed E-state index contributed by atoms with van der Waals surface area (Å²) in [7, 11) is 0. The molecule has 0 unspecified atom stereocenters. The molecule has 0 spiro atoms. The van der Waals surface area contributed by atoms with Crippen molar-refractivity contribution >= 4 is 0 Å². The highest BCUT2D eigenvalue weighted by Crippen LogP contribution is 2.14. The molecule has 14 heavy (non-hydrogen) atoms. The average molecular weight is 191 g/mol. The molecule has 0 amide bonds. The summed E-state index contributed by atoms with van der Waals surface area (Å²) >= 11 is 0. The normalized spacial score (nSPS) is 10.4. The lowest BCUT2D eigenvalue weighted by Crippen LogP contribution is -1.89. The van der Waals surface area contributed by atoms with E-state index in [0.29, 0.717) is 12.2 Å². The Hall–Kier alpha value is -1.78. The van der Waals surface area contributed by atoms with E-state index in [1.54, 1.807) is 6.07 Å². The Morgan fingerprint density at radius 3 is 3.14 bits per heavy atom. The summed E-state index contributed by atoms with van der Waals surface area (Å²) < 4.78 is 12.1. The van der Waals surface area contributed by atoms with Crippen molar-refractivity contribution in [1.29, 1.82) is 0 Å². The Kier molecular flexibility index (Phi) is 2.48. The van der Waals surface area contributed by atoms with Crippen LogP contribution in [0.15, 0.2) is 18.2 Å². The minimum absolute atomic E-state index is 0.370. The van der Waals surface area contributed by atoms with Crippen molar-refractivity contribution in [2.45, 2.75) is 6.42 Å². The molecule has 0 saturated heterocycles. The number of alkyl halides is 1. The maximum atomic E-state index is 12.1. The van der Waals surface area contributed by atoms with E-state index in [1.165, 1.54) is 0 Å². The first-order valence-electron chi connectivity index (χ1n) is 4.21. The van der Waals surface area contributed by atoms with Crippen molar-refractivity contribution in [1.82, 2.24) is 20.6 Å². The average Bonchev–Trinajstić information content (AvgIpc) is 2.71. The van der Waals surface area contributed by atoms with Crippen LogP contribution in [-0.4, -0.2) is 27.3 Å². The Morgan fingerprint density at radius 2 is 2.43 bits per heavy atom. The third-order valence-electron chi connectivity index (χ3n) is 1.84. The van der Waals surface area contributed by atoms with Gasteiger partial charge in [0.2, 0.25) is 0 Å². The molecule has 5 heteroatoms. The first kappa shape index (κ1) is 8.80. The van der Waals surface area contributed by atoms with Crippen molar-refractivity contribution in [2.75, 3.05) is 6.67 Å². The third-order valence-corrected chi connectivity index (χ3v) is 1.84. The number of nitrogens with zero attached hydrogens (tertiary/aromatic N) is 3. The molecule has 0 aliphatic heterocycles. The largest absolute Gasteiger partial charge is 0.251 e. The number of halogens is 1. The molecule has 1 N–H and O–H groups in total.